The van der Waals surface area contributed by atoms with E-state index in [9.17, 15) is 10.2 Å². The lowest BCUT2D eigenvalue weighted by Crippen LogP contribution is -2.04. The molecule has 1 aliphatic rings. The molecule has 0 saturated carbocycles. The summed E-state index contributed by atoms with van der Waals surface area (Å²) in [7, 11) is 3.05. The maximum Gasteiger partial charge on any atom is 0.193 e. The summed E-state index contributed by atoms with van der Waals surface area (Å²) < 4.78 is 12.4. The molecule has 0 amide bonds. The third kappa shape index (κ3) is 3.72. The number of phenolic OH excluding ortho intramolecular Hbond substituents is 1. The highest BCUT2D eigenvalue weighted by Crippen LogP contribution is 2.42. The number of halogens is 1. The quantitative estimate of drug-likeness (QED) is 0.480. The third-order valence-electron chi connectivity index (χ3n) is 3.49. The fourth-order valence-electron chi connectivity index (χ4n) is 2.40. The van der Waals surface area contributed by atoms with Gasteiger partial charge in [-0.15, -0.1) is 13.2 Å². The fraction of sp³-hybridized carbons (Fsp3) is 0.211. The second-order valence-electron chi connectivity index (χ2n) is 5.11. The van der Waals surface area contributed by atoms with Crippen LogP contribution in [0.5, 0.6) is 11.5 Å². The summed E-state index contributed by atoms with van der Waals surface area (Å²) in [6, 6.07) is 3.60. The lowest BCUT2D eigenvalue weighted by molar-refractivity contribution is 0.300. The van der Waals surface area contributed by atoms with Gasteiger partial charge in [0.25, 0.3) is 0 Å². The van der Waals surface area contributed by atoms with Crippen molar-refractivity contribution in [3.63, 3.8) is 0 Å². The molecule has 0 fully saturated rings. The lowest BCUT2D eigenvalue weighted by atomic mass is 9.97. The number of phenols is 1. The molecular formula is C19H21IO4. The van der Waals surface area contributed by atoms with Crippen molar-refractivity contribution in [2.45, 2.75) is 12.8 Å². The average molecular weight is 440 g/mol. The van der Waals surface area contributed by atoms with E-state index in [2.05, 4.69) is 13.2 Å². The maximum atomic E-state index is 10.6. The molecule has 0 saturated heterocycles. The molecule has 1 heterocycles. The van der Waals surface area contributed by atoms with Crippen molar-refractivity contribution in [3.05, 3.63) is 64.2 Å². The molecular weight excluding hydrogens is 419 g/mol. The van der Waals surface area contributed by atoms with Crippen LogP contribution >= 0.6 is 20.7 Å². The Hall–Kier alpha value is -2.02. The van der Waals surface area contributed by atoms with Crippen molar-refractivity contribution in [1.29, 1.82) is 0 Å². The molecule has 0 bridgehead atoms. The number of aromatic hydroxyl groups is 1. The Labute approximate surface area is 152 Å². The molecule has 2 rings (SSSR count). The topological polar surface area (TPSA) is 58.9 Å². The molecule has 2 N–H and O–H groups in total. The van der Waals surface area contributed by atoms with Gasteiger partial charge in [-0.3, -0.25) is 0 Å². The van der Waals surface area contributed by atoms with Gasteiger partial charge >= 0.3 is 0 Å². The van der Waals surface area contributed by atoms with E-state index in [4.69, 9.17) is 9.47 Å². The van der Waals surface area contributed by atoms with Gasteiger partial charge in [-0.2, -0.15) is 0 Å². The first kappa shape index (κ1) is 18.3. The van der Waals surface area contributed by atoms with E-state index in [1.807, 2.05) is 18.2 Å². The van der Waals surface area contributed by atoms with E-state index < -0.39 is 20.7 Å². The molecule has 0 spiro atoms. The van der Waals surface area contributed by atoms with Crippen molar-refractivity contribution < 1.29 is 19.7 Å². The van der Waals surface area contributed by atoms with Gasteiger partial charge in [0.05, 0.1) is 14.2 Å². The highest BCUT2D eigenvalue weighted by Gasteiger charge is 2.23. The molecule has 1 aromatic carbocycles. The normalized spacial score (nSPS) is 14.2. The Balaban J connectivity index is 2.66. The number of benzene rings is 1. The van der Waals surface area contributed by atoms with Crippen LogP contribution in [0.15, 0.2) is 53.0 Å². The van der Waals surface area contributed by atoms with Crippen LogP contribution in [0.2, 0.25) is 0 Å². The lowest BCUT2D eigenvalue weighted by Gasteiger charge is -2.18. The largest absolute Gasteiger partial charge is 0.504 e. The molecule has 0 aliphatic carbocycles. The fourth-order valence-corrected chi connectivity index (χ4v) is 4.79. The van der Waals surface area contributed by atoms with Crippen molar-refractivity contribution in [1.82, 2.24) is 0 Å². The van der Waals surface area contributed by atoms with Crippen LogP contribution in [0, 0.1) is 0 Å². The molecule has 4 nitrogen and oxygen atoms in total. The van der Waals surface area contributed by atoms with Crippen LogP contribution in [-0.2, 0) is 11.2 Å². The smallest absolute Gasteiger partial charge is 0.193 e. The first-order valence-electron chi connectivity index (χ1n) is 7.37. The summed E-state index contributed by atoms with van der Waals surface area (Å²) in [6.45, 7) is 7.52. The Morgan fingerprint density at radius 2 is 1.79 bits per heavy atom. The van der Waals surface area contributed by atoms with Crippen LogP contribution in [0.3, 0.4) is 0 Å². The number of hydrogen-bond acceptors (Lipinski definition) is 4. The number of methoxy groups -OCH3 is 2. The summed E-state index contributed by atoms with van der Waals surface area (Å²) in [5, 5.41) is 21.1. The van der Waals surface area contributed by atoms with Gasteiger partial charge < -0.3 is 19.7 Å². The highest BCUT2D eigenvalue weighted by molar-refractivity contribution is 14.2. The SMILES string of the molecule is C=CCC1=IC(OC)=C(O)C(c2cc(CC=C)cc(OC)c2O)=C1. The molecule has 1 aliphatic heterocycles. The molecule has 128 valence electrons. The Morgan fingerprint density at radius 1 is 1.08 bits per heavy atom. The number of rotatable bonds is 7. The standard InChI is InChI=1S/C19H21IO4/c1-5-7-12-9-14(17(21)16(10-12)23-3)15-11-13(8-6-2)20-19(24-4)18(15)22/h5-6,9-11,21-22H,1-2,7-8H2,3-4H3. The number of allylic oxidation sites excluding steroid dienone is 4. The Bertz CT molecular complexity index is 757. The highest BCUT2D eigenvalue weighted by atomic mass is 127. The van der Waals surface area contributed by atoms with Crippen LogP contribution < -0.4 is 4.74 Å². The van der Waals surface area contributed by atoms with Gasteiger partial charge in [0.15, 0.2) is 21.0 Å². The van der Waals surface area contributed by atoms with E-state index in [0.717, 1.165) is 15.5 Å². The monoisotopic (exact) mass is 440 g/mol. The number of aliphatic hydroxyl groups is 1. The van der Waals surface area contributed by atoms with Crippen molar-refractivity contribution in [2.75, 3.05) is 14.2 Å². The van der Waals surface area contributed by atoms with Crippen molar-refractivity contribution >= 4 is 29.8 Å². The first-order chi connectivity index (χ1) is 11.5. The summed E-state index contributed by atoms with van der Waals surface area (Å²) in [5.74, 6) is 0.436. The molecule has 0 aromatic heterocycles. The third-order valence-corrected chi connectivity index (χ3v) is 6.38. The van der Waals surface area contributed by atoms with Gasteiger partial charge in [0.1, 0.15) is 0 Å². The molecule has 24 heavy (non-hydrogen) atoms. The van der Waals surface area contributed by atoms with E-state index in [1.165, 1.54) is 7.11 Å². The minimum Gasteiger partial charge on any atom is -0.504 e. The van der Waals surface area contributed by atoms with E-state index in [-0.39, 0.29) is 11.5 Å². The van der Waals surface area contributed by atoms with Crippen LogP contribution in [0.25, 0.3) is 5.57 Å². The molecule has 0 radical (unpaired) electrons. The van der Waals surface area contributed by atoms with Gasteiger partial charge in [0, 0.05) is 11.1 Å². The first-order valence-corrected chi connectivity index (χ1v) is 9.53. The second kappa shape index (κ2) is 8.19. The van der Waals surface area contributed by atoms with Crippen molar-refractivity contribution in [3.8, 4) is 11.5 Å². The minimum absolute atomic E-state index is 0.00313. The van der Waals surface area contributed by atoms with E-state index >= 15 is 0 Å². The molecule has 0 unspecified atom stereocenters. The number of hydrogen-bond donors (Lipinski definition) is 2. The predicted octanol–water partition coefficient (Wildman–Crippen LogP) is 4.62. The van der Waals surface area contributed by atoms with Gasteiger partial charge in [0.2, 0.25) is 0 Å². The van der Waals surface area contributed by atoms with Gasteiger partial charge in [-0.05, 0) is 60.9 Å². The zero-order chi connectivity index (χ0) is 17.7. The number of aliphatic hydroxyl groups excluding tert-OH is 1. The zero-order valence-corrected chi connectivity index (χ0v) is 16.0. The summed E-state index contributed by atoms with van der Waals surface area (Å²) in [4.78, 5) is 0. The van der Waals surface area contributed by atoms with Crippen molar-refractivity contribution in [2.24, 2.45) is 0 Å². The molecule has 0 atom stereocenters. The predicted molar refractivity (Wildman–Crippen MR) is 107 cm³/mol. The molecule has 5 heteroatoms. The van der Waals surface area contributed by atoms with Gasteiger partial charge in [-0.25, -0.2) is 0 Å². The maximum absolute atomic E-state index is 10.6. The minimum atomic E-state index is -0.572. The van der Waals surface area contributed by atoms with Crippen LogP contribution in [0.4, 0.5) is 0 Å². The summed E-state index contributed by atoms with van der Waals surface area (Å²) in [6.07, 6.45) is 6.88. The van der Waals surface area contributed by atoms with Crippen LogP contribution in [-0.4, -0.2) is 27.9 Å². The van der Waals surface area contributed by atoms with E-state index in [0.29, 0.717) is 27.1 Å². The zero-order valence-electron chi connectivity index (χ0n) is 13.8. The Morgan fingerprint density at radius 3 is 2.38 bits per heavy atom. The van der Waals surface area contributed by atoms with Gasteiger partial charge in [-0.1, -0.05) is 12.2 Å². The van der Waals surface area contributed by atoms with E-state index in [1.54, 1.807) is 19.3 Å². The summed E-state index contributed by atoms with van der Waals surface area (Å²) in [5.41, 5.74) is 1.99. The van der Waals surface area contributed by atoms with Crippen LogP contribution in [0.1, 0.15) is 17.5 Å². The second-order valence-corrected chi connectivity index (χ2v) is 8.01. The molecule has 1 aromatic rings. The average Bonchev–Trinajstić information content (AvgIpc) is 2.58. The Kier molecular flexibility index (Phi) is 6.25. The summed E-state index contributed by atoms with van der Waals surface area (Å²) >= 11 is -0.572. The number of ether oxygens (including phenoxy) is 2.